The zero-order valence-corrected chi connectivity index (χ0v) is 13.3. The maximum absolute atomic E-state index is 12.0. The molecule has 0 aliphatic heterocycles. The van der Waals surface area contributed by atoms with Crippen LogP contribution in [-0.4, -0.2) is 25.7 Å². The molecular formula is C15H25ClN2O2. The van der Waals surface area contributed by atoms with Crippen LogP contribution in [0, 0.1) is 12.8 Å². The highest BCUT2D eigenvalue weighted by atomic mass is 35.5. The van der Waals surface area contributed by atoms with E-state index in [2.05, 4.69) is 19.2 Å². The summed E-state index contributed by atoms with van der Waals surface area (Å²) >= 11 is 0. The number of benzene rings is 1. The molecule has 1 aromatic rings. The molecule has 0 fully saturated rings. The fourth-order valence-corrected chi connectivity index (χ4v) is 1.67. The van der Waals surface area contributed by atoms with E-state index in [4.69, 9.17) is 10.5 Å². The van der Waals surface area contributed by atoms with Gasteiger partial charge in [-0.3, -0.25) is 4.79 Å². The summed E-state index contributed by atoms with van der Waals surface area (Å²) in [5.74, 6) is 0.471. The van der Waals surface area contributed by atoms with E-state index in [1.54, 1.807) is 12.1 Å². The van der Waals surface area contributed by atoms with E-state index in [0.717, 1.165) is 18.6 Å². The topological polar surface area (TPSA) is 64.4 Å². The third kappa shape index (κ3) is 6.78. The molecule has 0 heterocycles. The molecule has 0 radical (unpaired) electrons. The van der Waals surface area contributed by atoms with Crippen molar-refractivity contribution < 1.29 is 9.53 Å². The van der Waals surface area contributed by atoms with E-state index < -0.39 is 0 Å². The number of carbonyl (C=O) groups is 1. The zero-order valence-electron chi connectivity index (χ0n) is 12.4. The maximum Gasteiger partial charge on any atom is 0.251 e. The number of aryl methyl sites for hydroxylation is 1. The van der Waals surface area contributed by atoms with E-state index in [-0.39, 0.29) is 18.3 Å². The molecule has 0 bridgehead atoms. The Kier molecular flexibility index (Phi) is 9.01. The van der Waals surface area contributed by atoms with Gasteiger partial charge < -0.3 is 15.8 Å². The lowest BCUT2D eigenvalue weighted by molar-refractivity contribution is 0.0924. The first kappa shape index (κ1) is 18.7. The number of halogens is 1. The molecule has 0 aliphatic carbocycles. The van der Waals surface area contributed by atoms with Gasteiger partial charge in [-0.2, -0.15) is 0 Å². The molecular weight excluding hydrogens is 276 g/mol. The number of carbonyl (C=O) groups excluding carboxylic acids is 1. The van der Waals surface area contributed by atoms with E-state index in [9.17, 15) is 4.79 Å². The van der Waals surface area contributed by atoms with Crippen molar-refractivity contribution in [2.75, 3.05) is 25.5 Å². The van der Waals surface area contributed by atoms with Crippen LogP contribution in [0.25, 0.3) is 0 Å². The van der Waals surface area contributed by atoms with Crippen LogP contribution in [-0.2, 0) is 4.74 Å². The fraction of sp³-hybridized carbons (Fsp3) is 0.533. The van der Waals surface area contributed by atoms with Gasteiger partial charge >= 0.3 is 0 Å². The molecule has 0 aliphatic rings. The van der Waals surface area contributed by atoms with Gasteiger partial charge in [-0.1, -0.05) is 19.9 Å². The van der Waals surface area contributed by atoms with Gasteiger partial charge in [0.1, 0.15) is 0 Å². The Bertz CT molecular complexity index is 422. The third-order valence-electron chi connectivity index (χ3n) is 2.71. The lowest BCUT2D eigenvalue weighted by Gasteiger charge is -2.09. The number of hydrogen-bond donors (Lipinski definition) is 2. The van der Waals surface area contributed by atoms with E-state index in [1.165, 1.54) is 0 Å². The summed E-state index contributed by atoms with van der Waals surface area (Å²) in [6, 6.07) is 5.36. The predicted octanol–water partition coefficient (Wildman–Crippen LogP) is 2.79. The normalized spacial score (nSPS) is 10.2. The van der Waals surface area contributed by atoms with Crippen LogP contribution < -0.4 is 11.1 Å². The summed E-state index contributed by atoms with van der Waals surface area (Å²) < 4.78 is 5.45. The SMILES string of the molecule is Cc1ccc(N)cc1C(=O)NCCCOCC(C)C.Cl. The second-order valence-corrected chi connectivity index (χ2v) is 5.15. The third-order valence-corrected chi connectivity index (χ3v) is 2.71. The first-order chi connectivity index (χ1) is 9.00. The molecule has 3 N–H and O–H groups in total. The van der Waals surface area contributed by atoms with Crippen molar-refractivity contribution >= 4 is 24.0 Å². The van der Waals surface area contributed by atoms with Gasteiger partial charge in [-0.25, -0.2) is 0 Å². The van der Waals surface area contributed by atoms with Crippen molar-refractivity contribution in [1.29, 1.82) is 0 Å². The van der Waals surface area contributed by atoms with E-state index in [0.29, 0.717) is 30.3 Å². The van der Waals surface area contributed by atoms with Crippen LogP contribution in [0.4, 0.5) is 5.69 Å². The zero-order chi connectivity index (χ0) is 14.3. The van der Waals surface area contributed by atoms with E-state index >= 15 is 0 Å². The molecule has 1 aromatic carbocycles. The molecule has 20 heavy (non-hydrogen) atoms. The van der Waals surface area contributed by atoms with Crippen LogP contribution in [0.15, 0.2) is 18.2 Å². The Morgan fingerprint density at radius 3 is 2.75 bits per heavy atom. The first-order valence-corrected chi connectivity index (χ1v) is 6.72. The van der Waals surface area contributed by atoms with Gasteiger partial charge in [-0.05, 0) is 37.0 Å². The first-order valence-electron chi connectivity index (χ1n) is 6.72. The van der Waals surface area contributed by atoms with Gasteiger partial charge in [0.25, 0.3) is 5.91 Å². The summed E-state index contributed by atoms with van der Waals surface area (Å²) in [7, 11) is 0. The van der Waals surface area contributed by atoms with Gasteiger partial charge in [0.15, 0.2) is 0 Å². The minimum Gasteiger partial charge on any atom is -0.399 e. The van der Waals surface area contributed by atoms with Crippen molar-refractivity contribution in [3.8, 4) is 0 Å². The lowest BCUT2D eigenvalue weighted by Crippen LogP contribution is -2.26. The minimum atomic E-state index is -0.0753. The predicted molar refractivity (Wildman–Crippen MR) is 85.4 cm³/mol. The fourth-order valence-electron chi connectivity index (χ4n) is 1.67. The standard InChI is InChI=1S/C15H24N2O2.ClH/c1-11(2)10-19-8-4-7-17-15(18)14-9-13(16)6-5-12(14)3;/h5-6,9,11H,4,7-8,10,16H2,1-3H3,(H,17,18);1H. The summed E-state index contributed by atoms with van der Waals surface area (Å²) in [6.07, 6.45) is 0.819. The van der Waals surface area contributed by atoms with Crippen LogP contribution in [0.2, 0.25) is 0 Å². The number of amides is 1. The molecule has 0 unspecified atom stereocenters. The Balaban J connectivity index is 0.00000361. The van der Waals surface area contributed by atoms with Crippen molar-refractivity contribution in [2.45, 2.75) is 27.2 Å². The second-order valence-electron chi connectivity index (χ2n) is 5.15. The molecule has 0 aromatic heterocycles. The van der Waals surface area contributed by atoms with Gasteiger partial charge in [0.2, 0.25) is 0 Å². The maximum atomic E-state index is 12.0. The lowest BCUT2D eigenvalue weighted by atomic mass is 10.1. The summed E-state index contributed by atoms with van der Waals surface area (Å²) in [5.41, 5.74) is 7.87. The van der Waals surface area contributed by atoms with Crippen LogP contribution in [0.1, 0.15) is 36.2 Å². The van der Waals surface area contributed by atoms with E-state index in [1.807, 2.05) is 13.0 Å². The van der Waals surface area contributed by atoms with Gasteiger partial charge in [0.05, 0.1) is 0 Å². The molecule has 0 atom stereocenters. The molecule has 1 amide bonds. The summed E-state index contributed by atoms with van der Waals surface area (Å²) in [5, 5.41) is 2.88. The highest BCUT2D eigenvalue weighted by Crippen LogP contribution is 2.12. The van der Waals surface area contributed by atoms with Crippen molar-refractivity contribution in [2.24, 2.45) is 5.92 Å². The molecule has 0 spiro atoms. The van der Waals surface area contributed by atoms with Crippen molar-refractivity contribution in [3.63, 3.8) is 0 Å². The molecule has 5 heteroatoms. The Labute approximate surface area is 127 Å². The number of rotatable bonds is 7. The number of nitrogen functional groups attached to an aromatic ring is 1. The molecule has 0 saturated carbocycles. The Hall–Kier alpha value is -1.26. The highest BCUT2D eigenvalue weighted by Gasteiger charge is 2.08. The summed E-state index contributed by atoms with van der Waals surface area (Å²) in [6.45, 7) is 8.19. The number of anilines is 1. The van der Waals surface area contributed by atoms with Crippen LogP contribution in [0.3, 0.4) is 0 Å². The average Bonchev–Trinajstić information content (AvgIpc) is 2.36. The largest absolute Gasteiger partial charge is 0.399 e. The van der Waals surface area contributed by atoms with Gasteiger partial charge in [-0.15, -0.1) is 12.4 Å². The molecule has 1 rings (SSSR count). The number of nitrogens with one attached hydrogen (secondary N) is 1. The highest BCUT2D eigenvalue weighted by molar-refractivity contribution is 5.96. The number of nitrogens with two attached hydrogens (primary N) is 1. The summed E-state index contributed by atoms with van der Waals surface area (Å²) in [4.78, 5) is 12.0. The number of ether oxygens (including phenoxy) is 1. The van der Waals surface area contributed by atoms with Crippen molar-refractivity contribution in [1.82, 2.24) is 5.32 Å². The Morgan fingerprint density at radius 1 is 1.40 bits per heavy atom. The van der Waals surface area contributed by atoms with Gasteiger partial charge in [0, 0.05) is 31.0 Å². The molecule has 114 valence electrons. The Morgan fingerprint density at radius 2 is 2.10 bits per heavy atom. The van der Waals surface area contributed by atoms with Crippen LogP contribution >= 0.6 is 12.4 Å². The quantitative estimate of drug-likeness (QED) is 0.601. The number of hydrogen-bond acceptors (Lipinski definition) is 3. The average molecular weight is 301 g/mol. The monoisotopic (exact) mass is 300 g/mol. The molecule has 4 nitrogen and oxygen atoms in total. The second kappa shape index (κ2) is 9.61. The smallest absolute Gasteiger partial charge is 0.251 e. The van der Waals surface area contributed by atoms with Crippen molar-refractivity contribution in [3.05, 3.63) is 29.3 Å². The minimum absolute atomic E-state index is 0. The molecule has 0 saturated heterocycles. The van der Waals surface area contributed by atoms with Crippen LogP contribution in [0.5, 0.6) is 0 Å².